The molecule has 0 heterocycles. The van der Waals surface area contributed by atoms with Crippen LogP contribution in [0.1, 0.15) is 21.5 Å². The molecule has 3 heteroatoms. The van der Waals surface area contributed by atoms with E-state index in [4.69, 9.17) is 9.47 Å². The van der Waals surface area contributed by atoms with Gasteiger partial charge in [-0.15, -0.1) is 0 Å². The monoisotopic (exact) mass is 270 g/mol. The molecule has 0 radical (unpaired) electrons. The number of carbonyl (C=O) groups is 1. The number of hydrogen-bond acceptors (Lipinski definition) is 3. The molecule has 0 unspecified atom stereocenters. The molecule has 0 N–H and O–H groups in total. The molecule has 0 amide bonds. The minimum Gasteiger partial charge on any atom is -0.497 e. The zero-order valence-electron chi connectivity index (χ0n) is 12.0. The van der Waals surface area contributed by atoms with Crippen LogP contribution in [-0.2, 0) is 11.3 Å². The smallest absolute Gasteiger partial charge is 0.150 e. The molecule has 2 aromatic carbocycles. The van der Waals surface area contributed by atoms with E-state index in [1.54, 1.807) is 14.2 Å². The van der Waals surface area contributed by atoms with E-state index in [9.17, 15) is 4.79 Å². The van der Waals surface area contributed by atoms with Crippen molar-refractivity contribution in [2.45, 2.75) is 13.5 Å². The fourth-order valence-corrected chi connectivity index (χ4v) is 2.29. The van der Waals surface area contributed by atoms with Crippen LogP contribution in [0, 0.1) is 6.92 Å². The van der Waals surface area contributed by atoms with Crippen LogP contribution >= 0.6 is 0 Å². The van der Waals surface area contributed by atoms with Crippen molar-refractivity contribution in [1.29, 1.82) is 0 Å². The van der Waals surface area contributed by atoms with Crippen LogP contribution in [-0.4, -0.2) is 20.5 Å². The van der Waals surface area contributed by atoms with Crippen molar-refractivity contribution in [1.82, 2.24) is 0 Å². The minimum atomic E-state index is 0.497. The summed E-state index contributed by atoms with van der Waals surface area (Å²) in [6.07, 6.45) is 0.871. The van der Waals surface area contributed by atoms with Gasteiger partial charge >= 0.3 is 0 Å². The molecule has 0 spiro atoms. The van der Waals surface area contributed by atoms with E-state index >= 15 is 0 Å². The first-order valence-electron chi connectivity index (χ1n) is 6.41. The van der Waals surface area contributed by atoms with Crippen molar-refractivity contribution in [2.75, 3.05) is 14.2 Å². The molecule has 20 heavy (non-hydrogen) atoms. The van der Waals surface area contributed by atoms with Gasteiger partial charge in [0.2, 0.25) is 0 Å². The van der Waals surface area contributed by atoms with Crippen LogP contribution in [0.2, 0.25) is 0 Å². The molecular weight excluding hydrogens is 252 g/mol. The predicted octanol–water partition coefficient (Wildman–Crippen LogP) is 3.63. The molecule has 0 saturated heterocycles. The van der Waals surface area contributed by atoms with Crippen molar-refractivity contribution in [3.05, 3.63) is 53.1 Å². The van der Waals surface area contributed by atoms with Gasteiger partial charge in [-0.25, -0.2) is 0 Å². The highest BCUT2D eigenvalue weighted by molar-refractivity contribution is 5.80. The van der Waals surface area contributed by atoms with Gasteiger partial charge in [0.25, 0.3) is 0 Å². The highest BCUT2D eigenvalue weighted by Gasteiger charge is 2.08. The highest BCUT2D eigenvalue weighted by Crippen LogP contribution is 2.29. The van der Waals surface area contributed by atoms with Gasteiger partial charge in [0.05, 0.1) is 13.7 Å². The number of ether oxygens (including phenoxy) is 2. The Hall–Kier alpha value is -2.13. The largest absolute Gasteiger partial charge is 0.497 e. The van der Waals surface area contributed by atoms with Crippen LogP contribution in [0.5, 0.6) is 5.75 Å². The molecule has 0 aliphatic carbocycles. The molecule has 0 atom stereocenters. The van der Waals surface area contributed by atoms with Gasteiger partial charge in [-0.1, -0.05) is 12.1 Å². The lowest BCUT2D eigenvalue weighted by molar-refractivity contribution is 0.112. The SMILES string of the molecule is COCc1cc(OC)ccc1-c1cc(C)cc(C=O)c1. The van der Waals surface area contributed by atoms with E-state index in [1.807, 2.05) is 37.3 Å². The Bertz CT molecular complexity index is 618. The zero-order valence-corrected chi connectivity index (χ0v) is 12.0. The average molecular weight is 270 g/mol. The minimum absolute atomic E-state index is 0.497. The Balaban J connectivity index is 2.55. The van der Waals surface area contributed by atoms with E-state index in [2.05, 4.69) is 6.07 Å². The van der Waals surface area contributed by atoms with Gasteiger partial charge in [-0.3, -0.25) is 4.79 Å². The van der Waals surface area contributed by atoms with Gasteiger partial charge < -0.3 is 9.47 Å². The Morgan fingerprint density at radius 3 is 2.55 bits per heavy atom. The third-order valence-corrected chi connectivity index (χ3v) is 3.16. The summed E-state index contributed by atoms with van der Waals surface area (Å²) in [6.45, 7) is 2.48. The average Bonchev–Trinajstić information content (AvgIpc) is 2.46. The van der Waals surface area contributed by atoms with Gasteiger partial charge in [-0.2, -0.15) is 0 Å². The number of aryl methyl sites for hydroxylation is 1. The molecular formula is C17H18O3. The molecule has 3 nitrogen and oxygen atoms in total. The first-order chi connectivity index (χ1) is 9.67. The van der Waals surface area contributed by atoms with Gasteiger partial charge in [0.1, 0.15) is 12.0 Å². The van der Waals surface area contributed by atoms with Gasteiger partial charge in [0.15, 0.2) is 0 Å². The maximum atomic E-state index is 11.0. The molecule has 0 aliphatic heterocycles. The number of benzene rings is 2. The van der Waals surface area contributed by atoms with E-state index in [1.165, 1.54) is 0 Å². The Labute approximate surface area is 119 Å². The topological polar surface area (TPSA) is 35.5 Å². The van der Waals surface area contributed by atoms with E-state index in [-0.39, 0.29) is 0 Å². The summed E-state index contributed by atoms with van der Waals surface area (Å²) >= 11 is 0. The quantitative estimate of drug-likeness (QED) is 0.778. The molecule has 0 aromatic heterocycles. The first-order valence-corrected chi connectivity index (χ1v) is 6.41. The summed E-state index contributed by atoms with van der Waals surface area (Å²) in [7, 11) is 3.30. The number of rotatable bonds is 5. The summed E-state index contributed by atoms with van der Waals surface area (Å²) in [6, 6.07) is 11.7. The lowest BCUT2D eigenvalue weighted by Crippen LogP contribution is -1.95. The number of carbonyl (C=O) groups excluding carboxylic acids is 1. The Morgan fingerprint density at radius 2 is 1.90 bits per heavy atom. The molecule has 0 bridgehead atoms. The summed E-state index contributed by atoms with van der Waals surface area (Å²) in [5.74, 6) is 0.795. The second kappa shape index (κ2) is 6.35. The first kappa shape index (κ1) is 14.3. The lowest BCUT2D eigenvalue weighted by Gasteiger charge is -2.12. The number of hydrogen-bond donors (Lipinski definition) is 0. The molecule has 0 saturated carbocycles. The second-order valence-corrected chi connectivity index (χ2v) is 4.71. The number of aldehydes is 1. The van der Waals surface area contributed by atoms with Crippen LogP contribution in [0.25, 0.3) is 11.1 Å². The third-order valence-electron chi connectivity index (χ3n) is 3.16. The van der Waals surface area contributed by atoms with E-state index < -0.39 is 0 Å². The summed E-state index contributed by atoms with van der Waals surface area (Å²) < 4.78 is 10.5. The van der Waals surface area contributed by atoms with Crippen molar-refractivity contribution in [2.24, 2.45) is 0 Å². The van der Waals surface area contributed by atoms with Crippen LogP contribution < -0.4 is 4.74 Å². The van der Waals surface area contributed by atoms with Crippen molar-refractivity contribution in [3.63, 3.8) is 0 Å². The van der Waals surface area contributed by atoms with Gasteiger partial charge in [-0.05, 0) is 53.4 Å². The van der Waals surface area contributed by atoms with E-state index in [0.717, 1.165) is 34.3 Å². The summed E-state index contributed by atoms with van der Waals surface area (Å²) in [5.41, 5.74) is 4.85. The predicted molar refractivity (Wildman–Crippen MR) is 79.3 cm³/mol. The standard InChI is InChI=1S/C17H18O3/c1-12-6-13(10-18)8-14(7-12)17-5-4-16(20-3)9-15(17)11-19-2/h4-10H,11H2,1-3H3. The maximum absolute atomic E-state index is 11.0. The van der Waals surface area contributed by atoms with Crippen molar-refractivity contribution >= 4 is 6.29 Å². The maximum Gasteiger partial charge on any atom is 0.150 e. The highest BCUT2D eigenvalue weighted by atomic mass is 16.5. The summed E-state index contributed by atoms with van der Waals surface area (Å²) in [5, 5.41) is 0. The fraction of sp³-hybridized carbons (Fsp3) is 0.235. The summed E-state index contributed by atoms with van der Waals surface area (Å²) in [4.78, 5) is 11.0. The lowest BCUT2D eigenvalue weighted by atomic mass is 9.96. The molecule has 2 aromatic rings. The molecule has 104 valence electrons. The fourth-order valence-electron chi connectivity index (χ4n) is 2.29. The Morgan fingerprint density at radius 1 is 1.10 bits per heavy atom. The molecule has 0 aliphatic rings. The Kier molecular flexibility index (Phi) is 4.53. The normalized spacial score (nSPS) is 10.3. The molecule has 2 rings (SSSR count). The van der Waals surface area contributed by atoms with Crippen LogP contribution in [0.4, 0.5) is 0 Å². The van der Waals surface area contributed by atoms with Crippen LogP contribution in [0.3, 0.4) is 0 Å². The van der Waals surface area contributed by atoms with Crippen molar-refractivity contribution in [3.8, 4) is 16.9 Å². The van der Waals surface area contributed by atoms with E-state index in [0.29, 0.717) is 12.2 Å². The zero-order chi connectivity index (χ0) is 14.5. The molecule has 0 fully saturated rings. The van der Waals surface area contributed by atoms with Gasteiger partial charge in [0, 0.05) is 12.7 Å². The third kappa shape index (κ3) is 3.06. The second-order valence-electron chi connectivity index (χ2n) is 4.71. The van der Waals surface area contributed by atoms with Crippen LogP contribution in [0.15, 0.2) is 36.4 Å². The number of methoxy groups -OCH3 is 2. The van der Waals surface area contributed by atoms with Crippen molar-refractivity contribution < 1.29 is 14.3 Å².